The van der Waals surface area contributed by atoms with Crippen LogP contribution in [0.25, 0.3) is 0 Å². The second-order valence-electron chi connectivity index (χ2n) is 7.16. The van der Waals surface area contributed by atoms with Crippen LogP contribution >= 0.6 is 0 Å². The van der Waals surface area contributed by atoms with Gasteiger partial charge in [0.2, 0.25) is 11.8 Å². The standard InChI is InChI=1S/C19H24N2O4/c1-11-7-12(2)16(9-15(11)19(24)25)20-18(23)13-8-17(22)21(10-13)14-5-3-4-6-14/h7,9,13-14H,3-6,8,10H2,1-2H3,(H,20,23)(H,24,25). The van der Waals surface area contributed by atoms with Crippen molar-refractivity contribution in [2.24, 2.45) is 5.92 Å². The van der Waals surface area contributed by atoms with Crippen LogP contribution in [0, 0.1) is 19.8 Å². The van der Waals surface area contributed by atoms with E-state index in [1.807, 2.05) is 11.8 Å². The average Bonchev–Trinajstić information content (AvgIpc) is 3.18. The SMILES string of the molecule is Cc1cc(C)c(C(=O)O)cc1NC(=O)C1CC(=O)N(C2CCCC2)C1. The molecule has 1 saturated heterocycles. The Morgan fingerprint density at radius 2 is 1.84 bits per heavy atom. The Bertz CT molecular complexity index is 722. The summed E-state index contributed by atoms with van der Waals surface area (Å²) in [6.45, 7) is 4.03. The Kier molecular flexibility index (Phi) is 4.79. The van der Waals surface area contributed by atoms with Gasteiger partial charge in [0.25, 0.3) is 0 Å². The number of nitrogens with one attached hydrogen (secondary N) is 1. The molecular weight excluding hydrogens is 320 g/mol. The van der Waals surface area contributed by atoms with Gasteiger partial charge in [-0.1, -0.05) is 18.9 Å². The largest absolute Gasteiger partial charge is 0.478 e. The molecule has 1 aliphatic carbocycles. The number of carbonyl (C=O) groups is 3. The molecule has 25 heavy (non-hydrogen) atoms. The average molecular weight is 344 g/mol. The van der Waals surface area contributed by atoms with E-state index in [2.05, 4.69) is 5.32 Å². The molecule has 2 N–H and O–H groups in total. The molecule has 2 amide bonds. The number of benzene rings is 1. The molecule has 2 fully saturated rings. The van der Waals surface area contributed by atoms with E-state index < -0.39 is 5.97 Å². The number of aromatic carboxylic acids is 1. The molecule has 1 heterocycles. The lowest BCUT2D eigenvalue weighted by molar-refractivity contribution is -0.129. The van der Waals surface area contributed by atoms with E-state index >= 15 is 0 Å². The minimum atomic E-state index is -1.02. The Morgan fingerprint density at radius 1 is 1.16 bits per heavy atom. The number of rotatable bonds is 4. The van der Waals surface area contributed by atoms with Crippen molar-refractivity contribution in [1.82, 2.24) is 4.90 Å². The van der Waals surface area contributed by atoms with E-state index in [-0.39, 0.29) is 35.8 Å². The van der Waals surface area contributed by atoms with E-state index in [0.29, 0.717) is 17.8 Å². The maximum absolute atomic E-state index is 12.6. The van der Waals surface area contributed by atoms with Crippen LogP contribution < -0.4 is 5.32 Å². The predicted molar refractivity (Wildman–Crippen MR) is 93.6 cm³/mol. The number of likely N-dealkylation sites (tertiary alicyclic amines) is 1. The first-order valence-electron chi connectivity index (χ1n) is 8.81. The fraction of sp³-hybridized carbons (Fsp3) is 0.526. The highest BCUT2D eigenvalue weighted by Crippen LogP contribution is 2.30. The summed E-state index contributed by atoms with van der Waals surface area (Å²) in [6, 6.07) is 3.53. The zero-order valence-electron chi connectivity index (χ0n) is 14.7. The third-order valence-electron chi connectivity index (χ3n) is 5.35. The molecule has 2 aliphatic rings. The number of hydrogen-bond acceptors (Lipinski definition) is 3. The highest BCUT2D eigenvalue weighted by molar-refractivity contribution is 5.99. The van der Waals surface area contributed by atoms with E-state index in [1.165, 1.54) is 6.07 Å². The van der Waals surface area contributed by atoms with E-state index in [1.54, 1.807) is 13.0 Å². The fourth-order valence-corrected chi connectivity index (χ4v) is 3.93. The summed E-state index contributed by atoms with van der Waals surface area (Å²) < 4.78 is 0. The van der Waals surface area contributed by atoms with Gasteiger partial charge in [0.15, 0.2) is 0 Å². The van der Waals surface area contributed by atoms with Crippen LogP contribution in [0.3, 0.4) is 0 Å². The number of amides is 2. The molecule has 1 atom stereocenters. The van der Waals surface area contributed by atoms with Crippen molar-refractivity contribution in [3.05, 3.63) is 28.8 Å². The maximum Gasteiger partial charge on any atom is 0.336 e. The minimum absolute atomic E-state index is 0.0545. The van der Waals surface area contributed by atoms with Crippen LogP contribution in [0.15, 0.2) is 12.1 Å². The first kappa shape index (κ1) is 17.5. The molecule has 0 bridgehead atoms. The van der Waals surface area contributed by atoms with Crippen molar-refractivity contribution < 1.29 is 19.5 Å². The number of carbonyl (C=O) groups excluding carboxylic acids is 2. The maximum atomic E-state index is 12.6. The number of carboxylic acids is 1. The molecule has 6 heteroatoms. The predicted octanol–water partition coefficient (Wildman–Crippen LogP) is 2.73. The topological polar surface area (TPSA) is 86.7 Å². The summed E-state index contributed by atoms with van der Waals surface area (Å²) in [5, 5.41) is 12.1. The van der Waals surface area contributed by atoms with Crippen LogP contribution in [0.4, 0.5) is 5.69 Å². The Hall–Kier alpha value is -2.37. The molecule has 1 aliphatic heterocycles. The van der Waals surface area contributed by atoms with Gasteiger partial charge >= 0.3 is 5.97 Å². The molecule has 0 spiro atoms. The number of hydrogen-bond donors (Lipinski definition) is 2. The zero-order valence-corrected chi connectivity index (χ0v) is 14.7. The van der Waals surface area contributed by atoms with Gasteiger partial charge in [-0.2, -0.15) is 0 Å². The first-order valence-corrected chi connectivity index (χ1v) is 8.81. The first-order chi connectivity index (χ1) is 11.9. The van der Waals surface area contributed by atoms with Gasteiger partial charge < -0.3 is 15.3 Å². The summed E-state index contributed by atoms with van der Waals surface area (Å²) in [6.07, 6.45) is 4.58. The number of nitrogens with zero attached hydrogens (tertiary/aromatic N) is 1. The van der Waals surface area contributed by atoms with Crippen molar-refractivity contribution >= 4 is 23.5 Å². The van der Waals surface area contributed by atoms with Crippen LogP contribution in [0.5, 0.6) is 0 Å². The van der Waals surface area contributed by atoms with Gasteiger partial charge in [-0.15, -0.1) is 0 Å². The highest BCUT2D eigenvalue weighted by atomic mass is 16.4. The summed E-state index contributed by atoms with van der Waals surface area (Å²) in [5.74, 6) is -1.55. The highest BCUT2D eigenvalue weighted by Gasteiger charge is 2.38. The Morgan fingerprint density at radius 3 is 2.48 bits per heavy atom. The van der Waals surface area contributed by atoms with E-state index in [9.17, 15) is 19.5 Å². The zero-order chi connectivity index (χ0) is 18.1. The summed E-state index contributed by atoms with van der Waals surface area (Å²) in [7, 11) is 0. The fourth-order valence-electron chi connectivity index (χ4n) is 3.93. The van der Waals surface area contributed by atoms with Gasteiger partial charge in [0, 0.05) is 24.7 Å². The van der Waals surface area contributed by atoms with Gasteiger partial charge in [0.1, 0.15) is 0 Å². The van der Waals surface area contributed by atoms with Crippen molar-refractivity contribution in [1.29, 1.82) is 0 Å². The quantitative estimate of drug-likeness (QED) is 0.879. The summed E-state index contributed by atoms with van der Waals surface area (Å²) in [5.41, 5.74) is 2.15. The lowest BCUT2D eigenvalue weighted by Crippen LogP contribution is -2.35. The molecule has 1 aromatic carbocycles. The van der Waals surface area contributed by atoms with Gasteiger partial charge in [-0.3, -0.25) is 9.59 Å². The molecule has 1 aromatic rings. The normalized spacial score (nSPS) is 21.0. The van der Waals surface area contributed by atoms with Crippen LogP contribution in [-0.4, -0.2) is 40.4 Å². The molecule has 0 radical (unpaired) electrons. The smallest absolute Gasteiger partial charge is 0.336 e. The number of aryl methyl sites for hydroxylation is 2. The molecule has 134 valence electrons. The van der Waals surface area contributed by atoms with Crippen LogP contribution in [0.2, 0.25) is 0 Å². The molecule has 0 aromatic heterocycles. The van der Waals surface area contributed by atoms with Crippen LogP contribution in [-0.2, 0) is 9.59 Å². The van der Waals surface area contributed by atoms with Crippen molar-refractivity contribution in [2.45, 2.75) is 52.0 Å². The summed E-state index contributed by atoms with van der Waals surface area (Å²) in [4.78, 5) is 38.0. The van der Waals surface area contributed by atoms with Crippen molar-refractivity contribution in [3.8, 4) is 0 Å². The Balaban J connectivity index is 1.71. The van der Waals surface area contributed by atoms with Crippen molar-refractivity contribution in [3.63, 3.8) is 0 Å². The second-order valence-corrected chi connectivity index (χ2v) is 7.16. The molecule has 3 rings (SSSR count). The van der Waals surface area contributed by atoms with Crippen LogP contribution in [0.1, 0.15) is 53.6 Å². The van der Waals surface area contributed by atoms with Gasteiger partial charge in [-0.25, -0.2) is 4.79 Å². The molecule has 1 saturated carbocycles. The van der Waals surface area contributed by atoms with Crippen molar-refractivity contribution in [2.75, 3.05) is 11.9 Å². The van der Waals surface area contributed by atoms with E-state index in [4.69, 9.17) is 0 Å². The van der Waals surface area contributed by atoms with Gasteiger partial charge in [-0.05, 0) is 43.9 Å². The second kappa shape index (κ2) is 6.86. The molecule has 1 unspecified atom stereocenters. The summed E-state index contributed by atoms with van der Waals surface area (Å²) >= 11 is 0. The lowest BCUT2D eigenvalue weighted by Gasteiger charge is -2.24. The van der Waals surface area contributed by atoms with Gasteiger partial charge in [0.05, 0.1) is 11.5 Å². The Labute approximate surface area is 147 Å². The monoisotopic (exact) mass is 344 g/mol. The number of anilines is 1. The third kappa shape index (κ3) is 3.52. The lowest BCUT2D eigenvalue weighted by atomic mass is 10.0. The molecule has 6 nitrogen and oxygen atoms in total. The van der Waals surface area contributed by atoms with E-state index in [0.717, 1.165) is 31.2 Å². The molecular formula is C19H24N2O4. The third-order valence-corrected chi connectivity index (χ3v) is 5.35. The number of carboxylic acid groups (broad SMARTS) is 1. The minimum Gasteiger partial charge on any atom is -0.478 e.